The van der Waals surface area contributed by atoms with Gasteiger partial charge in [0, 0.05) is 19.3 Å². The van der Waals surface area contributed by atoms with Gasteiger partial charge in [-0.3, -0.25) is 4.68 Å². The van der Waals surface area contributed by atoms with E-state index in [-0.39, 0.29) is 0 Å². The molecule has 1 aromatic heterocycles. The van der Waals surface area contributed by atoms with Crippen molar-refractivity contribution in [1.82, 2.24) is 15.1 Å². The van der Waals surface area contributed by atoms with E-state index in [1.807, 2.05) is 6.20 Å². The first kappa shape index (κ1) is 12.6. The van der Waals surface area contributed by atoms with Crippen molar-refractivity contribution < 1.29 is 0 Å². The summed E-state index contributed by atoms with van der Waals surface area (Å²) in [4.78, 5) is 0. The van der Waals surface area contributed by atoms with Crippen LogP contribution in [0.15, 0.2) is 12.3 Å². The molecule has 0 spiro atoms. The quantitative estimate of drug-likeness (QED) is 0.850. The third-order valence-corrected chi connectivity index (χ3v) is 5.08. The zero-order valence-corrected chi connectivity index (χ0v) is 11.7. The SMILES string of the molecule is CCn1nccc1CNCC1C(C)(C)C1(C)C. The fraction of sp³-hybridized carbons (Fsp3) is 0.786. The third-order valence-electron chi connectivity index (χ3n) is 5.08. The lowest BCUT2D eigenvalue weighted by atomic mass is 10.0. The van der Waals surface area contributed by atoms with E-state index in [1.165, 1.54) is 5.69 Å². The van der Waals surface area contributed by atoms with Crippen LogP contribution in [0.4, 0.5) is 0 Å². The average molecular weight is 235 g/mol. The standard InChI is InChI=1S/C14H25N3/c1-6-17-11(7-8-16-17)9-15-10-12-13(2,3)14(12,4)5/h7-8,12,15H,6,9-10H2,1-5H3. The molecule has 0 radical (unpaired) electrons. The van der Waals surface area contributed by atoms with Crippen LogP contribution in [0.1, 0.15) is 40.3 Å². The molecule has 1 fully saturated rings. The number of nitrogens with one attached hydrogen (secondary N) is 1. The minimum atomic E-state index is 0.477. The van der Waals surface area contributed by atoms with Crippen molar-refractivity contribution >= 4 is 0 Å². The Morgan fingerprint density at radius 2 is 1.94 bits per heavy atom. The van der Waals surface area contributed by atoms with Gasteiger partial charge >= 0.3 is 0 Å². The first-order valence-corrected chi connectivity index (χ1v) is 6.62. The highest BCUT2D eigenvalue weighted by atomic mass is 15.3. The van der Waals surface area contributed by atoms with Crippen LogP contribution in [0.2, 0.25) is 0 Å². The van der Waals surface area contributed by atoms with E-state index in [1.54, 1.807) is 0 Å². The Hall–Kier alpha value is -0.830. The van der Waals surface area contributed by atoms with Gasteiger partial charge in [0.1, 0.15) is 0 Å². The van der Waals surface area contributed by atoms with Crippen molar-refractivity contribution in [2.75, 3.05) is 6.54 Å². The summed E-state index contributed by atoms with van der Waals surface area (Å²) in [6.45, 7) is 14.6. The number of nitrogens with zero attached hydrogens (tertiary/aromatic N) is 2. The molecule has 0 atom stereocenters. The monoisotopic (exact) mass is 235 g/mol. The largest absolute Gasteiger partial charge is 0.311 e. The van der Waals surface area contributed by atoms with E-state index >= 15 is 0 Å². The maximum atomic E-state index is 4.28. The molecule has 1 aliphatic carbocycles. The molecule has 17 heavy (non-hydrogen) atoms. The van der Waals surface area contributed by atoms with Crippen molar-refractivity contribution in [3.8, 4) is 0 Å². The molecule has 0 saturated heterocycles. The Kier molecular flexibility index (Phi) is 3.06. The van der Waals surface area contributed by atoms with Crippen molar-refractivity contribution in [3.05, 3.63) is 18.0 Å². The molecular formula is C14H25N3. The maximum absolute atomic E-state index is 4.28. The van der Waals surface area contributed by atoms with E-state index in [0.717, 1.165) is 25.6 Å². The Morgan fingerprint density at radius 3 is 2.47 bits per heavy atom. The van der Waals surface area contributed by atoms with Crippen LogP contribution in [-0.2, 0) is 13.1 Å². The number of hydrogen-bond acceptors (Lipinski definition) is 2. The van der Waals surface area contributed by atoms with E-state index in [4.69, 9.17) is 0 Å². The van der Waals surface area contributed by atoms with Gasteiger partial charge in [-0.1, -0.05) is 27.7 Å². The molecule has 3 heteroatoms. The normalized spacial score (nSPS) is 21.7. The molecule has 96 valence electrons. The fourth-order valence-corrected chi connectivity index (χ4v) is 2.98. The maximum Gasteiger partial charge on any atom is 0.0521 e. The molecule has 0 aliphatic heterocycles. The van der Waals surface area contributed by atoms with Gasteiger partial charge in [0.15, 0.2) is 0 Å². The van der Waals surface area contributed by atoms with Gasteiger partial charge in [-0.15, -0.1) is 0 Å². The van der Waals surface area contributed by atoms with Crippen molar-refractivity contribution in [1.29, 1.82) is 0 Å². The predicted octanol–water partition coefficient (Wildman–Crippen LogP) is 2.67. The molecule has 0 aromatic carbocycles. The summed E-state index contributed by atoms with van der Waals surface area (Å²) >= 11 is 0. The van der Waals surface area contributed by atoms with Crippen LogP contribution in [0.3, 0.4) is 0 Å². The molecule has 0 bridgehead atoms. The van der Waals surface area contributed by atoms with Crippen LogP contribution >= 0.6 is 0 Å². The topological polar surface area (TPSA) is 29.9 Å². The van der Waals surface area contributed by atoms with Crippen LogP contribution in [0.25, 0.3) is 0 Å². The Bertz CT molecular complexity index is 376. The summed E-state index contributed by atoms with van der Waals surface area (Å²) in [5.74, 6) is 0.785. The summed E-state index contributed by atoms with van der Waals surface area (Å²) < 4.78 is 2.05. The number of aromatic nitrogens is 2. The second-order valence-corrected chi connectivity index (χ2v) is 6.27. The van der Waals surface area contributed by atoms with Gasteiger partial charge in [0.2, 0.25) is 0 Å². The van der Waals surface area contributed by atoms with Crippen LogP contribution < -0.4 is 5.32 Å². The number of hydrogen-bond donors (Lipinski definition) is 1. The summed E-state index contributed by atoms with van der Waals surface area (Å²) in [5, 5.41) is 7.86. The zero-order valence-electron chi connectivity index (χ0n) is 11.7. The first-order valence-electron chi connectivity index (χ1n) is 6.62. The van der Waals surface area contributed by atoms with Gasteiger partial charge < -0.3 is 5.32 Å². The van der Waals surface area contributed by atoms with Crippen LogP contribution in [0, 0.1) is 16.7 Å². The highest BCUT2D eigenvalue weighted by Crippen LogP contribution is 2.67. The van der Waals surface area contributed by atoms with E-state index < -0.39 is 0 Å². The van der Waals surface area contributed by atoms with Crippen LogP contribution in [0.5, 0.6) is 0 Å². The van der Waals surface area contributed by atoms with Crippen molar-refractivity contribution in [2.24, 2.45) is 16.7 Å². The molecule has 0 amide bonds. The Morgan fingerprint density at radius 1 is 1.29 bits per heavy atom. The molecule has 0 unspecified atom stereocenters. The summed E-state index contributed by atoms with van der Waals surface area (Å²) in [6, 6.07) is 2.10. The van der Waals surface area contributed by atoms with Crippen molar-refractivity contribution in [3.63, 3.8) is 0 Å². The minimum Gasteiger partial charge on any atom is -0.311 e. The molecule has 1 saturated carbocycles. The summed E-state index contributed by atoms with van der Waals surface area (Å²) in [6.07, 6.45) is 1.88. The Labute approximate surface area is 105 Å². The zero-order chi connectivity index (χ0) is 12.7. The second kappa shape index (κ2) is 4.13. The predicted molar refractivity (Wildman–Crippen MR) is 70.7 cm³/mol. The van der Waals surface area contributed by atoms with E-state index in [0.29, 0.717) is 10.8 Å². The second-order valence-electron chi connectivity index (χ2n) is 6.27. The highest BCUT2D eigenvalue weighted by molar-refractivity contribution is 5.13. The first-order chi connectivity index (χ1) is 7.91. The summed E-state index contributed by atoms with van der Waals surface area (Å²) in [7, 11) is 0. The lowest BCUT2D eigenvalue weighted by molar-refractivity contribution is 0.457. The molecule has 1 N–H and O–H groups in total. The summed E-state index contributed by atoms with van der Waals surface area (Å²) in [5.41, 5.74) is 2.24. The Balaban J connectivity index is 1.82. The lowest BCUT2D eigenvalue weighted by Gasteiger charge is -2.07. The average Bonchev–Trinajstić information content (AvgIpc) is 2.64. The molecular weight excluding hydrogens is 210 g/mol. The minimum absolute atomic E-state index is 0.477. The van der Waals surface area contributed by atoms with Gasteiger partial charge in [-0.05, 0) is 36.3 Å². The molecule has 3 nitrogen and oxygen atoms in total. The number of rotatable bonds is 5. The lowest BCUT2D eigenvalue weighted by Crippen LogP contribution is -2.20. The van der Waals surface area contributed by atoms with Gasteiger partial charge in [0.05, 0.1) is 5.69 Å². The third kappa shape index (κ3) is 2.01. The van der Waals surface area contributed by atoms with E-state index in [9.17, 15) is 0 Å². The number of aryl methyl sites for hydroxylation is 1. The van der Waals surface area contributed by atoms with Crippen LogP contribution in [-0.4, -0.2) is 16.3 Å². The van der Waals surface area contributed by atoms with Gasteiger partial charge in [0.25, 0.3) is 0 Å². The smallest absolute Gasteiger partial charge is 0.0521 e. The molecule has 1 heterocycles. The van der Waals surface area contributed by atoms with E-state index in [2.05, 4.69) is 55.8 Å². The van der Waals surface area contributed by atoms with Gasteiger partial charge in [-0.2, -0.15) is 5.10 Å². The molecule has 1 aromatic rings. The van der Waals surface area contributed by atoms with Gasteiger partial charge in [-0.25, -0.2) is 0 Å². The fourth-order valence-electron chi connectivity index (χ4n) is 2.98. The molecule has 2 rings (SSSR count). The molecule has 1 aliphatic rings. The highest BCUT2D eigenvalue weighted by Gasteiger charge is 2.63. The van der Waals surface area contributed by atoms with Crippen molar-refractivity contribution in [2.45, 2.75) is 47.7 Å².